The van der Waals surface area contributed by atoms with Gasteiger partial charge in [0, 0.05) is 21.8 Å². The number of carbonyl (C=O) groups excluding carboxylic acids is 1. The maximum absolute atomic E-state index is 14.2. The van der Waals surface area contributed by atoms with E-state index >= 15 is 0 Å². The summed E-state index contributed by atoms with van der Waals surface area (Å²) in [5, 5.41) is 12.5. The SMILES string of the molecule is Cc1cc(OCn2ccc(C(=O)Nc3c(C)nn(Cc4c(F)cccc4Cl)c3C)n2)ccc1Cl. The number of amides is 1. The number of ether oxygens (including phenoxy) is 1. The van der Waals surface area contributed by atoms with Gasteiger partial charge in [-0.15, -0.1) is 0 Å². The molecule has 34 heavy (non-hydrogen) atoms. The Labute approximate surface area is 206 Å². The van der Waals surface area contributed by atoms with Gasteiger partial charge in [0.2, 0.25) is 0 Å². The van der Waals surface area contributed by atoms with E-state index in [9.17, 15) is 9.18 Å². The number of aromatic nitrogens is 4. The van der Waals surface area contributed by atoms with Gasteiger partial charge in [-0.05, 0) is 62.7 Å². The lowest BCUT2D eigenvalue weighted by Gasteiger charge is -2.09. The normalized spacial score (nSPS) is 11.0. The molecule has 0 unspecified atom stereocenters. The Hall–Kier alpha value is -3.36. The third kappa shape index (κ3) is 5.08. The van der Waals surface area contributed by atoms with E-state index in [1.54, 1.807) is 55.1 Å². The standard InChI is InChI=1S/C24H22Cl2FN5O2/c1-14-11-17(7-8-19(14)25)34-13-31-10-9-22(30-31)24(33)28-23-15(2)29-32(16(23)3)12-18-20(26)5-4-6-21(18)27/h4-11H,12-13H2,1-3H3,(H,28,33). The minimum Gasteiger partial charge on any atom is -0.471 e. The average molecular weight is 502 g/mol. The summed E-state index contributed by atoms with van der Waals surface area (Å²) in [4.78, 5) is 12.8. The molecule has 0 radical (unpaired) electrons. The summed E-state index contributed by atoms with van der Waals surface area (Å²) in [5.74, 6) is -0.153. The van der Waals surface area contributed by atoms with Crippen LogP contribution in [0.4, 0.5) is 10.1 Å². The molecule has 4 aromatic rings. The van der Waals surface area contributed by atoms with Crippen molar-refractivity contribution in [3.05, 3.63) is 92.7 Å². The second-order valence-corrected chi connectivity index (χ2v) is 8.60. The summed E-state index contributed by atoms with van der Waals surface area (Å²) in [5.41, 5.74) is 3.27. The molecule has 0 atom stereocenters. The van der Waals surface area contributed by atoms with Crippen LogP contribution < -0.4 is 10.1 Å². The summed E-state index contributed by atoms with van der Waals surface area (Å²) in [6.45, 7) is 5.73. The van der Waals surface area contributed by atoms with Crippen LogP contribution in [0.5, 0.6) is 5.75 Å². The lowest BCUT2D eigenvalue weighted by molar-refractivity contribution is 0.102. The van der Waals surface area contributed by atoms with E-state index in [1.807, 2.05) is 13.0 Å². The molecule has 2 aromatic carbocycles. The minimum absolute atomic E-state index is 0.133. The molecule has 0 aliphatic heterocycles. The van der Waals surface area contributed by atoms with E-state index in [0.29, 0.717) is 38.4 Å². The largest absolute Gasteiger partial charge is 0.471 e. The van der Waals surface area contributed by atoms with Gasteiger partial charge in [0.1, 0.15) is 11.6 Å². The van der Waals surface area contributed by atoms with Crippen molar-refractivity contribution in [2.75, 3.05) is 5.32 Å². The van der Waals surface area contributed by atoms with Crippen LogP contribution in [0.15, 0.2) is 48.7 Å². The molecule has 2 heterocycles. The summed E-state index contributed by atoms with van der Waals surface area (Å²) in [6.07, 6.45) is 1.65. The van der Waals surface area contributed by atoms with E-state index in [-0.39, 0.29) is 19.0 Å². The number of halogens is 3. The molecule has 0 saturated heterocycles. The summed E-state index contributed by atoms with van der Waals surface area (Å²) in [6, 6.07) is 11.5. The number of carbonyl (C=O) groups is 1. The third-order valence-corrected chi connectivity index (χ3v) is 6.13. The number of rotatable bonds is 7. The molecule has 176 valence electrons. The Morgan fingerprint density at radius 1 is 1.09 bits per heavy atom. The van der Waals surface area contributed by atoms with Gasteiger partial charge in [-0.1, -0.05) is 29.3 Å². The van der Waals surface area contributed by atoms with Gasteiger partial charge < -0.3 is 10.1 Å². The van der Waals surface area contributed by atoms with Gasteiger partial charge >= 0.3 is 0 Å². The van der Waals surface area contributed by atoms with Crippen molar-refractivity contribution in [1.29, 1.82) is 0 Å². The van der Waals surface area contributed by atoms with E-state index in [1.165, 1.54) is 10.7 Å². The highest BCUT2D eigenvalue weighted by Crippen LogP contribution is 2.25. The zero-order chi connectivity index (χ0) is 24.4. The van der Waals surface area contributed by atoms with Gasteiger partial charge in [0.15, 0.2) is 12.4 Å². The summed E-state index contributed by atoms with van der Waals surface area (Å²) in [7, 11) is 0. The first kappa shape index (κ1) is 23.8. The molecule has 2 aromatic heterocycles. The Morgan fingerprint density at radius 3 is 2.62 bits per heavy atom. The Morgan fingerprint density at radius 2 is 1.88 bits per heavy atom. The van der Waals surface area contributed by atoms with Gasteiger partial charge in [-0.25, -0.2) is 9.07 Å². The lowest BCUT2D eigenvalue weighted by atomic mass is 10.2. The van der Waals surface area contributed by atoms with Crippen LogP contribution in [0, 0.1) is 26.6 Å². The summed E-state index contributed by atoms with van der Waals surface area (Å²) < 4.78 is 23.0. The molecule has 0 aliphatic rings. The zero-order valence-corrected chi connectivity index (χ0v) is 20.3. The van der Waals surface area contributed by atoms with Crippen LogP contribution in [0.3, 0.4) is 0 Å². The van der Waals surface area contributed by atoms with Crippen molar-refractivity contribution in [2.24, 2.45) is 0 Å². The number of benzene rings is 2. The quantitative estimate of drug-likeness (QED) is 0.347. The predicted octanol–water partition coefficient (Wildman–Crippen LogP) is 5.79. The molecule has 10 heteroatoms. The Balaban J connectivity index is 1.44. The van der Waals surface area contributed by atoms with E-state index in [0.717, 1.165) is 5.56 Å². The number of nitrogens with zero attached hydrogens (tertiary/aromatic N) is 4. The van der Waals surface area contributed by atoms with Crippen LogP contribution in [0.1, 0.15) is 33.0 Å². The number of anilines is 1. The fourth-order valence-electron chi connectivity index (χ4n) is 3.44. The first-order valence-corrected chi connectivity index (χ1v) is 11.2. The van der Waals surface area contributed by atoms with Crippen molar-refractivity contribution in [3.8, 4) is 5.75 Å². The smallest absolute Gasteiger partial charge is 0.276 e. The molecule has 0 spiro atoms. The first-order chi connectivity index (χ1) is 16.2. The van der Waals surface area contributed by atoms with Crippen molar-refractivity contribution in [2.45, 2.75) is 34.0 Å². The average Bonchev–Trinajstić information content (AvgIpc) is 3.37. The maximum Gasteiger partial charge on any atom is 0.276 e. The molecule has 0 bridgehead atoms. The molecule has 0 saturated carbocycles. The van der Waals surface area contributed by atoms with Crippen LogP contribution in [0.25, 0.3) is 0 Å². The topological polar surface area (TPSA) is 74.0 Å². The first-order valence-electron chi connectivity index (χ1n) is 10.4. The Bertz CT molecular complexity index is 1350. The van der Waals surface area contributed by atoms with Crippen molar-refractivity contribution >= 4 is 34.8 Å². The maximum atomic E-state index is 14.2. The van der Waals surface area contributed by atoms with Gasteiger partial charge in [0.05, 0.1) is 23.6 Å². The third-order valence-electron chi connectivity index (χ3n) is 5.36. The highest BCUT2D eigenvalue weighted by atomic mass is 35.5. The van der Waals surface area contributed by atoms with Crippen LogP contribution in [0.2, 0.25) is 10.0 Å². The van der Waals surface area contributed by atoms with E-state index in [2.05, 4.69) is 15.5 Å². The van der Waals surface area contributed by atoms with E-state index in [4.69, 9.17) is 27.9 Å². The fraction of sp³-hybridized carbons (Fsp3) is 0.208. The highest BCUT2D eigenvalue weighted by molar-refractivity contribution is 6.31. The van der Waals surface area contributed by atoms with Crippen LogP contribution >= 0.6 is 23.2 Å². The Kier molecular flexibility index (Phi) is 6.90. The van der Waals surface area contributed by atoms with E-state index < -0.39 is 11.7 Å². The lowest BCUT2D eigenvalue weighted by Crippen LogP contribution is -2.15. The molecular formula is C24H22Cl2FN5O2. The zero-order valence-electron chi connectivity index (χ0n) is 18.8. The second-order valence-electron chi connectivity index (χ2n) is 7.78. The predicted molar refractivity (Wildman–Crippen MR) is 129 cm³/mol. The van der Waals surface area contributed by atoms with Gasteiger partial charge in [0.25, 0.3) is 5.91 Å². The molecule has 4 rings (SSSR count). The molecule has 0 fully saturated rings. The monoisotopic (exact) mass is 501 g/mol. The number of nitrogens with one attached hydrogen (secondary N) is 1. The molecule has 7 nitrogen and oxygen atoms in total. The number of aryl methyl sites for hydroxylation is 2. The van der Waals surface area contributed by atoms with Crippen molar-refractivity contribution < 1.29 is 13.9 Å². The fourth-order valence-corrected chi connectivity index (χ4v) is 3.79. The molecular weight excluding hydrogens is 480 g/mol. The second kappa shape index (κ2) is 9.87. The number of hydrogen-bond donors (Lipinski definition) is 1. The molecule has 1 amide bonds. The summed E-state index contributed by atoms with van der Waals surface area (Å²) >= 11 is 12.2. The highest BCUT2D eigenvalue weighted by Gasteiger charge is 2.18. The van der Waals surface area contributed by atoms with Crippen LogP contribution in [-0.2, 0) is 13.3 Å². The van der Waals surface area contributed by atoms with Crippen molar-refractivity contribution in [3.63, 3.8) is 0 Å². The molecule has 0 aliphatic carbocycles. The van der Waals surface area contributed by atoms with Crippen molar-refractivity contribution in [1.82, 2.24) is 19.6 Å². The molecule has 1 N–H and O–H groups in total. The minimum atomic E-state index is -0.410. The van der Waals surface area contributed by atoms with Gasteiger partial charge in [-0.3, -0.25) is 9.48 Å². The number of hydrogen-bond acceptors (Lipinski definition) is 4. The van der Waals surface area contributed by atoms with Crippen LogP contribution in [-0.4, -0.2) is 25.5 Å². The van der Waals surface area contributed by atoms with Gasteiger partial charge in [-0.2, -0.15) is 10.2 Å².